The van der Waals surface area contributed by atoms with Gasteiger partial charge in [-0.3, -0.25) is 14.9 Å². The van der Waals surface area contributed by atoms with E-state index < -0.39 is 18.1 Å². The summed E-state index contributed by atoms with van der Waals surface area (Å²) in [5.41, 5.74) is 1.13. The second-order valence-corrected chi connectivity index (χ2v) is 4.51. The van der Waals surface area contributed by atoms with Crippen molar-refractivity contribution < 1.29 is 19.1 Å². The van der Waals surface area contributed by atoms with Crippen LogP contribution in [-0.2, 0) is 25.5 Å². The zero-order valence-electron chi connectivity index (χ0n) is 12.1. The van der Waals surface area contributed by atoms with E-state index >= 15 is 0 Å². The number of aryl methyl sites for hydroxylation is 1. The van der Waals surface area contributed by atoms with Gasteiger partial charge in [-0.25, -0.2) is 0 Å². The van der Waals surface area contributed by atoms with Crippen molar-refractivity contribution in [3.8, 4) is 0 Å². The molecule has 5 nitrogen and oxygen atoms in total. The molecule has 1 aromatic carbocycles. The van der Waals surface area contributed by atoms with Gasteiger partial charge in [0.15, 0.2) is 0 Å². The van der Waals surface area contributed by atoms with Gasteiger partial charge >= 0.3 is 11.9 Å². The van der Waals surface area contributed by atoms with Crippen LogP contribution in [0, 0.1) is 0 Å². The van der Waals surface area contributed by atoms with E-state index in [0.29, 0.717) is 6.42 Å². The van der Waals surface area contributed by atoms with Crippen LogP contribution in [0.15, 0.2) is 30.3 Å². The highest BCUT2D eigenvalue weighted by atomic mass is 16.5. The van der Waals surface area contributed by atoms with Gasteiger partial charge in [-0.15, -0.1) is 0 Å². The molecule has 1 N–H and O–H groups in total. The second-order valence-electron chi connectivity index (χ2n) is 4.51. The lowest BCUT2D eigenvalue weighted by Crippen LogP contribution is -2.46. The molecule has 1 unspecified atom stereocenters. The minimum absolute atomic E-state index is 0.378. The predicted molar refractivity (Wildman–Crippen MR) is 75.2 cm³/mol. The fraction of sp³-hybridized carbons (Fsp3) is 0.467. The van der Waals surface area contributed by atoms with Gasteiger partial charge in [0.05, 0.1) is 14.2 Å². The van der Waals surface area contributed by atoms with Gasteiger partial charge in [-0.05, 0) is 25.3 Å². The Kier molecular flexibility index (Phi) is 6.73. The van der Waals surface area contributed by atoms with Gasteiger partial charge < -0.3 is 9.47 Å². The molecule has 1 aromatic rings. The lowest BCUT2D eigenvalue weighted by Gasteiger charge is -2.20. The standard InChI is InChI=1S/C15H21NO4/c1-11(14(17)19-2)16-13(15(18)20-3)10-9-12-7-5-4-6-8-12/h4-8,11,13,16H,9-10H2,1-3H3/t11-,13?/m0/s1. The number of methoxy groups -OCH3 is 2. The van der Waals surface area contributed by atoms with Gasteiger partial charge in [0.1, 0.15) is 12.1 Å². The van der Waals surface area contributed by atoms with E-state index in [4.69, 9.17) is 4.74 Å². The molecule has 2 atom stereocenters. The molecule has 0 aliphatic heterocycles. The summed E-state index contributed by atoms with van der Waals surface area (Å²) in [5.74, 6) is -0.782. The van der Waals surface area contributed by atoms with Gasteiger partial charge in [0, 0.05) is 0 Å². The highest BCUT2D eigenvalue weighted by Crippen LogP contribution is 2.07. The second kappa shape index (κ2) is 8.32. The first-order valence-corrected chi connectivity index (χ1v) is 6.54. The van der Waals surface area contributed by atoms with Gasteiger partial charge in [0.25, 0.3) is 0 Å². The highest BCUT2D eigenvalue weighted by molar-refractivity contribution is 5.79. The molecule has 0 amide bonds. The van der Waals surface area contributed by atoms with Gasteiger partial charge in [-0.1, -0.05) is 30.3 Å². The summed E-state index contributed by atoms with van der Waals surface area (Å²) in [6, 6.07) is 8.75. The topological polar surface area (TPSA) is 64.6 Å². The summed E-state index contributed by atoms with van der Waals surface area (Å²) >= 11 is 0. The van der Waals surface area contributed by atoms with E-state index in [-0.39, 0.29) is 5.97 Å². The number of rotatable bonds is 7. The van der Waals surface area contributed by atoms with E-state index in [9.17, 15) is 9.59 Å². The summed E-state index contributed by atoms with van der Waals surface area (Å²) in [4.78, 5) is 23.1. The summed E-state index contributed by atoms with van der Waals surface area (Å²) < 4.78 is 9.40. The van der Waals surface area contributed by atoms with Crippen LogP contribution in [0.3, 0.4) is 0 Å². The molecule has 0 spiro atoms. The van der Waals surface area contributed by atoms with E-state index in [1.165, 1.54) is 14.2 Å². The third-order valence-corrected chi connectivity index (χ3v) is 3.06. The molecule has 20 heavy (non-hydrogen) atoms. The Balaban J connectivity index is 2.61. The van der Waals surface area contributed by atoms with Crippen molar-refractivity contribution in [1.29, 1.82) is 0 Å². The van der Waals surface area contributed by atoms with Crippen LogP contribution in [0.1, 0.15) is 18.9 Å². The van der Waals surface area contributed by atoms with Crippen molar-refractivity contribution in [2.24, 2.45) is 0 Å². The summed E-state index contributed by atoms with van der Waals surface area (Å²) in [6.45, 7) is 1.66. The zero-order valence-corrected chi connectivity index (χ0v) is 12.1. The normalized spacial score (nSPS) is 13.3. The quantitative estimate of drug-likeness (QED) is 0.762. The summed E-state index contributed by atoms with van der Waals surface area (Å²) in [7, 11) is 2.65. The fourth-order valence-corrected chi connectivity index (χ4v) is 1.91. The lowest BCUT2D eigenvalue weighted by atomic mass is 10.0. The largest absolute Gasteiger partial charge is 0.468 e. The molecule has 0 bridgehead atoms. The number of carbonyl (C=O) groups excluding carboxylic acids is 2. The molecule has 0 aliphatic carbocycles. The van der Waals surface area contributed by atoms with E-state index in [2.05, 4.69) is 10.1 Å². The number of hydrogen-bond donors (Lipinski definition) is 1. The molecule has 0 aliphatic rings. The van der Waals surface area contributed by atoms with E-state index in [1.54, 1.807) is 6.92 Å². The Bertz CT molecular complexity index is 433. The van der Waals surface area contributed by atoms with Crippen LogP contribution in [0.25, 0.3) is 0 Å². The molecule has 0 saturated carbocycles. The summed E-state index contributed by atoms with van der Waals surface area (Å²) in [6.07, 6.45) is 1.28. The minimum Gasteiger partial charge on any atom is -0.468 e. The van der Waals surface area contributed by atoms with Crippen LogP contribution in [0.5, 0.6) is 0 Å². The molecule has 110 valence electrons. The average Bonchev–Trinajstić information content (AvgIpc) is 2.50. The Morgan fingerprint density at radius 1 is 1.10 bits per heavy atom. The maximum absolute atomic E-state index is 11.7. The molecular weight excluding hydrogens is 258 g/mol. The van der Waals surface area contributed by atoms with Crippen molar-refractivity contribution >= 4 is 11.9 Å². The third-order valence-electron chi connectivity index (χ3n) is 3.06. The van der Waals surface area contributed by atoms with Crippen molar-refractivity contribution in [2.75, 3.05) is 14.2 Å². The lowest BCUT2D eigenvalue weighted by molar-refractivity contribution is -0.146. The van der Waals surface area contributed by atoms with Crippen LogP contribution in [0.4, 0.5) is 0 Å². The Labute approximate surface area is 119 Å². The zero-order chi connectivity index (χ0) is 15.0. The highest BCUT2D eigenvalue weighted by Gasteiger charge is 2.24. The van der Waals surface area contributed by atoms with Crippen molar-refractivity contribution in [3.63, 3.8) is 0 Å². The molecule has 0 heterocycles. The smallest absolute Gasteiger partial charge is 0.322 e. The minimum atomic E-state index is -0.556. The Morgan fingerprint density at radius 2 is 1.70 bits per heavy atom. The Morgan fingerprint density at radius 3 is 2.25 bits per heavy atom. The molecule has 5 heteroatoms. The first kappa shape index (κ1) is 16.2. The number of nitrogens with one attached hydrogen (secondary N) is 1. The maximum Gasteiger partial charge on any atom is 0.322 e. The third kappa shape index (κ3) is 5.01. The SMILES string of the molecule is COC(=O)C(CCc1ccccc1)N[C@@H](C)C(=O)OC. The Hall–Kier alpha value is -1.88. The molecule has 0 aromatic heterocycles. The maximum atomic E-state index is 11.7. The number of ether oxygens (including phenoxy) is 2. The van der Waals surface area contributed by atoms with Crippen molar-refractivity contribution in [2.45, 2.75) is 31.8 Å². The first-order valence-electron chi connectivity index (χ1n) is 6.54. The number of hydrogen-bond acceptors (Lipinski definition) is 5. The van der Waals surface area contributed by atoms with Crippen molar-refractivity contribution in [1.82, 2.24) is 5.32 Å². The van der Waals surface area contributed by atoms with Crippen molar-refractivity contribution in [3.05, 3.63) is 35.9 Å². The number of benzene rings is 1. The van der Waals surface area contributed by atoms with Crippen LogP contribution < -0.4 is 5.32 Å². The predicted octanol–water partition coefficient (Wildman–Crippen LogP) is 1.31. The van der Waals surface area contributed by atoms with E-state index in [1.807, 2.05) is 30.3 Å². The van der Waals surface area contributed by atoms with Gasteiger partial charge in [0.2, 0.25) is 0 Å². The molecule has 0 saturated heterocycles. The molecule has 0 radical (unpaired) electrons. The van der Waals surface area contributed by atoms with Crippen LogP contribution >= 0.6 is 0 Å². The molecule has 0 fully saturated rings. The van der Waals surface area contributed by atoms with Crippen LogP contribution in [0.2, 0.25) is 0 Å². The number of carbonyl (C=O) groups is 2. The van der Waals surface area contributed by atoms with E-state index in [0.717, 1.165) is 12.0 Å². The fourth-order valence-electron chi connectivity index (χ4n) is 1.91. The molecule has 1 rings (SSSR count). The van der Waals surface area contributed by atoms with Gasteiger partial charge in [-0.2, -0.15) is 0 Å². The van der Waals surface area contributed by atoms with Crippen LogP contribution in [-0.4, -0.2) is 38.2 Å². The first-order chi connectivity index (χ1) is 9.58. The number of esters is 2. The molecular formula is C15H21NO4. The monoisotopic (exact) mass is 279 g/mol. The average molecular weight is 279 g/mol. The summed E-state index contributed by atoms with van der Waals surface area (Å²) in [5, 5.41) is 2.94.